The van der Waals surface area contributed by atoms with E-state index in [0.717, 1.165) is 18.2 Å². The highest BCUT2D eigenvalue weighted by Crippen LogP contribution is 2.31. The number of carbonyl (C=O) groups is 1. The fraction of sp³-hybridized carbons (Fsp3) is 0.235. The summed E-state index contributed by atoms with van der Waals surface area (Å²) in [4.78, 5) is 11.1. The van der Waals surface area contributed by atoms with Gasteiger partial charge in [0.05, 0.1) is 5.02 Å². The van der Waals surface area contributed by atoms with Gasteiger partial charge < -0.3 is 19.5 Å². The smallest absolute Gasteiger partial charge is 0.407 e. The topological polar surface area (TPSA) is 56.8 Å². The van der Waals surface area contributed by atoms with Gasteiger partial charge in [0.25, 0.3) is 0 Å². The van der Waals surface area contributed by atoms with Crippen LogP contribution < -0.4 is 14.8 Å². The Kier molecular flexibility index (Phi) is 6.82. The molecule has 0 spiro atoms. The molecule has 0 fully saturated rings. The number of ether oxygens (including phenoxy) is 3. The van der Waals surface area contributed by atoms with Gasteiger partial charge in [-0.15, -0.1) is 0 Å². The summed E-state index contributed by atoms with van der Waals surface area (Å²) in [5.74, 6) is -0.821. The summed E-state index contributed by atoms with van der Waals surface area (Å²) in [6, 6.07) is 7.39. The van der Waals surface area contributed by atoms with Crippen molar-refractivity contribution < 1.29 is 27.8 Å². The van der Waals surface area contributed by atoms with Crippen molar-refractivity contribution in [2.24, 2.45) is 0 Å². The molecule has 134 valence electrons. The fourth-order valence-corrected chi connectivity index (χ4v) is 2.09. The minimum Gasteiger partial charge on any atom is -0.488 e. The fourth-order valence-electron chi connectivity index (χ4n) is 1.87. The summed E-state index contributed by atoms with van der Waals surface area (Å²) in [6.07, 6.45) is -0.525. The molecule has 2 rings (SSSR count). The van der Waals surface area contributed by atoms with Crippen LogP contribution in [0.15, 0.2) is 36.4 Å². The molecule has 2 aromatic carbocycles. The SMILES string of the molecule is CCNC(=O)OCCOc1ccc(Oc2cc(F)cc(F)c2)cc1Cl. The first-order valence-corrected chi connectivity index (χ1v) is 7.82. The molecular weight excluding hydrogens is 356 g/mol. The molecule has 1 amide bonds. The van der Waals surface area contributed by atoms with Gasteiger partial charge in [-0.1, -0.05) is 11.6 Å². The first-order valence-electron chi connectivity index (χ1n) is 7.45. The van der Waals surface area contributed by atoms with Crippen molar-refractivity contribution in [3.05, 3.63) is 53.1 Å². The number of carbonyl (C=O) groups excluding carboxylic acids is 1. The zero-order valence-corrected chi connectivity index (χ0v) is 14.1. The lowest BCUT2D eigenvalue weighted by Crippen LogP contribution is -2.25. The second-order valence-corrected chi connectivity index (χ2v) is 5.22. The maximum atomic E-state index is 13.1. The molecule has 0 aliphatic rings. The molecule has 1 N–H and O–H groups in total. The van der Waals surface area contributed by atoms with Crippen molar-refractivity contribution in [2.45, 2.75) is 6.92 Å². The van der Waals surface area contributed by atoms with Crippen molar-refractivity contribution in [2.75, 3.05) is 19.8 Å². The molecular formula is C17H16ClF2NO4. The normalized spacial score (nSPS) is 10.2. The molecule has 0 aliphatic heterocycles. The van der Waals surface area contributed by atoms with E-state index in [1.807, 2.05) is 0 Å². The average Bonchev–Trinajstić information content (AvgIpc) is 2.52. The number of benzene rings is 2. The molecule has 0 saturated carbocycles. The van der Waals surface area contributed by atoms with Gasteiger partial charge in [0.15, 0.2) is 0 Å². The van der Waals surface area contributed by atoms with Crippen molar-refractivity contribution in [1.29, 1.82) is 0 Å². The van der Waals surface area contributed by atoms with Crippen molar-refractivity contribution in [3.8, 4) is 17.2 Å². The second-order valence-electron chi connectivity index (χ2n) is 4.81. The van der Waals surface area contributed by atoms with Crippen LogP contribution in [0.2, 0.25) is 5.02 Å². The largest absolute Gasteiger partial charge is 0.488 e. The van der Waals surface area contributed by atoms with Crippen LogP contribution in [0, 0.1) is 11.6 Å². The van der Waals surface area contributed by atoms with Gasteiger partial charge in [-0.25, -0.2) is 13.6 Å². The van der Waals surface area contributed by atoms with Crippen LogP contribution in [0.1, 0.15) is 6.92 Å². The molecule has 0 aromatic heterocycles. The summed E-state index contributed by atoms with van der Waals surface area (Å²) in [5, 5.41) is 2.72. The number of amides is 1. The number of halogens is 3. The van der Waals surface area contributed by atoms with Crippen molar-refractivity contribution >= 4 is 17.7 Å². The van der Waals surface area contributed by atoms with Gasteiger partial charge in [-0.3, -0.25) is 0 Å². The number of hydrogen-bond acceptors (Lipinski definition) is 4. The Morgan fingerprint density at radius 3 is 2.44 bits per heavy atom. The van der Waals surface area contributed by atoms with Crippen molar-refractivity contribution in [3.63, 3.8) is 0 Å². The Balaban J connectivity index is 1.90. The van der Waals surface area contributed by atoms with Crippen LogP contribution in [0.3, 0.4) is 0 Å². The highest BCUT2D eigenvalue weighted by Gasteiger charge is 2.08. The molecule has 5 nitrogen and oxygen atoms in total. The lowest BCUT2D eigenvalue weighted by Gasteiger charge is -2.11. The van der Waals surface area contributed by atoms with Gasteiger partial charge in [-0.05, 0) is 19.1 Å². The van der Waals surface area contributed by atoms with E-state index in [1.165, 1.54) is 12.1 Å². The standard InChI is InChI=1S/C17H16ClF2NO4/c1-2-21-17(22)24-6-5-23-16-4-3-13(10-15(16)18)25-14-8-11(19)7-12(20)9-14/h3-4,7-10H,2,5-6H2,1H3,(H,21,22). The predicted molar refractivity (Wildman–Crippen MR) is 88.4 cm³/mol. The molecule has 25 heavy (non-hydrogen) atoms. The molecule has 0 unspecified atom stereocenters. The van der Waals surface area contributed by atoms with Gasteiger partial charge in [0.1, 0.15) is 42.1 Å². The molecule has 0 atom stereocenters. The minimum absolute atomic E-state index is 0.0116. The van der Waals surface area contributed by atoms with Gasteiger partial charge in [-0.2, -0.15) is 0 Å². The van der Waals surface area contributed by atoms with E-state index < -0.39 is 17.7 Å². The van der Waals surface area contributed by atoms with E-state index in [4.69, 9.17) is 25.8 Å². The summed E-state index contributed by atoms with van der Waals surface area (Å²) in [5.41, 5.74) is 0. The number of rotatable bonds is 7. The Morgan fingerprint density at radius 2 is 1.80 bits per heavy atom. The van der Waals surface area contributed by atoms with Crippen LogP contribution in [-0.2, 0) is 4.74 Å². The van der Waals surface area contributed by atoms with Gasteiger partial charge in [0, 0.05) is 30.8 Å². The quantitative estimate of drug-likeness (QED) is 0.726. The van der Waals surface area contributed by atoms with Crippen LogP contribution >= 0.6 is 11.6 Å². The number of nitrogens with one attached hydrogen (secondary N) is 1. The molecule has 0 aliphatic carbocycles. The van der Waals surface area contributed by atoms with Gasteiger partial charge >= 0.3 is 6.09 Å². The second kappa shape index (κ2) is 9.08. The first-order chi connectivity index (χ1) is 12.0. The summed E-state index contributed by atoms with van der Waals surface area (Å²) < 4.78 is 41.9. The van der Waals surface area contributed by atoms with Crippen LogP contribution in [0.5, 0.6) is 17.2 Å². The maximum absolute atomic E-state index is 13.1. The molecule has 0 saturated heterocycles. The van der Waals surface area contributed by atoms with E-state index in [9.17, 15) is 13.6 Å². The Bertz CT molecular complexity index is 722. The minimum atomic E-state index is -0.742. The van der Waals surface area contributed by atoms with Crippen molar-refractivity contribution in [1.82, 2.24) is 5.32 Å². The summed E-state index contributed by atoms with van der Waals surface area (Å²) >= 11 is 6.08. The molecule has 0 radical (unpaired) electrons. The van der Waals surface area contributed by atoms with E-state index in [1.54, 1.807) is 13.0 Å². The molecule has 8 heteroatoms. The Morgan fingerprint density at radius 1 is 1.08 bits per heavy atom. The highest BCUT2D eigenvalue weighted by molar-refractivity contribution is 6.32. The third kappa shape index (κ3) is 6.11. The predicted octanol–water partition coefficient (Wildman–Crippen LogP) is 4.54. The lowest BCUT2D eigenvalue weighted by atomic mass is 10.3. The first kappa shape index (κ1) is 18.8. The van der Waals surface area contributed by atoms with E-state index >= 15 is 0 Å². The number of hydrogen-bond donors (Lipinski definition) is 1. The maximum Gasteiger partial charge on any atom is 0.407 e. The lowest BCUT2D eigenvalue weighted by molar-refractivity contribution is 0.125. The third-order valence-corrected chi connectivity index (χ3v) is 3.17. The van der Waals surface area contributed by atoms with Crippen LogP contribution in [0.25, 0.3) is 0 Å². The zero-order valence-electron chi connectivity index (χ0n) is 13.4. The van der Waals surface area contributed by atoms with Gasteiger partial charge in [0.2, 0.25) is 0 Å². The third-order valence-electron chi connectivity index (χ3n) is 2.87. The van der Waals surface area contributed by atoms with E-state index in [0.29, 0.717) is 18.0 Å². The molecule has 0 heterocycles. The molecule has 0 bridgehead atoms. The van der Waals surface area contributed by atoms with Crippen LogP contribution in [-0.4, -0.2) is 25.9 Å². The summed E-state index contributed by atoms with van der Waals surface area (Å²) in [6.45, 7) is 2.43. The summed E-state index contributed by atoms with van der Waals surface area (Å²) in [7, 11) is 0. The average molecular weight is 372 g/mol. The zero-order chi connectivity index (χ0) is 18.2. The Labute approximate surface area is 148 Å². The van der Waals surface area contributed by atoms with E-state index in [2.05, 4.69) is 5.32 Å². The highest BCUT2D eigenvalue weighted by atomic mass is 35.5. The molecule has 2 aromatic rings. The monoisotopic (exact) mass is 371 g/mol. The van der Waals surface area contributed by atoms with E-state index in [-0.39, 0.29) is 24.0 Å². The Hall–Kier alpha value is -2.54. The number of alkyl carbamates (subject to hydrolysis) is 1. The van der Waals surface area contributed by atoms with Crippen LogP contribution in [0.4, 0.5) is 13.6 Å².